The highest BCUT2D eigenvalue weighted by Gasteiger charge is 2.20. The number of rotatable bonds is 64. The van der Waals surface area contributed by atoms with Crippen molar-refractivity contribution in [2.24, 2.45) is 0 Å². The first-order valence-corrected chi connectivity index (χ1v) is 33.9. The fourth-order valence-corrected chi connectivity index (χ4v) is 10.9. The van der Waals surface area contributed by atoms with Gasteiger partial charge in [-0.2, -0.15) is 0 Å². The van der Waals surface area contributed by atoms with E-state index in [1.54, 1.807) is 0 Å². The first kappa shape index (κ1) is 72.6. The number of aliphatic hydroxyl groups is 2. The molecule has 0 rings (SSSR count). The Hall–Kier alpha value is -1.40. The average Bonchev–Trinajstić information content (AvgIpc) is 3.40. The van der Waals surface area contributed by atoms with E-state index in [2.05, 4.69) is 31.3 Å². The zero-order valence-corrected chi connectivity index (χ0v) is 50.4. The summed E-state index contributed by atoms with van der Waals surface area (Å²) in [4.78, 5) is 24.7. The first-order valence-electron chi connectivity index (χ1n) is 33.9. The number of allylic oxidation sites excluding steroid dienone is 2. The van der Waals surface area contributed by atoms with Crippen molar-refractivity contribution < 1.29 is 24.5 Å². The summed E-state index contributed by atoms with van der Waals surface area (Å²) in [6.07, 6.45) is 78.0. The van der Waals surface area contributed by atoms with Gasteiger partial charge in [-0.05, 0) is 51.4 Å². The summed E-state index contributed by atoms with van der Waals surface area (Å²) in [6, 6.07) is -0.546. The standard InChI is InChI=1S/C68H133NO5/c1-3-5-7-9-11-13-15-17-19-21-23-24-26-28-32-36-40-44-48-52-56-60-66(71)65(64-70)69-67(72)61-57-53-49-45-41-37-33-29-27-31-35-39-43-47-51-55-59-63-74-68(73)62-58-54-50-46-42-38-34-30-25-22-20-18-16-14-12-10-8-6-4-2/h18,20,65-66,70-71H,3-17,19,21-64H2,1-2H3,(H,69,72)/b20-18-. The number of ether oxygens (including phenoxy) is 1. The van der Waals surface area contributed by atoms with Gasteiger partial charge in [0, 0.05) is 12.8 Å². The van der Waals surface area contributed by atoms with E-state index < -0.39 is 12.1 Å². The van der Waals surface area contributed by atoms with Crippen LogP contribution >= 0.6 is 0 Å². The Kier molecular flexibility index (Phi) is 62.9. The molecule has 74 heavy (non-hydrogen) atoms. The number of aliphatic hydroxyl groups excluding tert-OH is 2. The van der Waals surface area contributed by atoms with Gasteiger partial charge in [0.05, 0.1) is 25.4 Å². The predicted molar refractivity (Wildman–Crippen MR) is 324 cm³/mol. The van der Waals surface area contributed by atoms with Gasteiger partial charge < -0.3 is 20.3 Å². The van der Waals surface area contributed by atoms with Gasteiger partial charge in [-0.3, -0.25) is 9.59 Å². The highest BCUT2D eigenvalue weighted by atomic mass is 16.5. The van der Waals surface area contributed by atoms with E-state index in [1.165, 1.54) is 308 Å². The van der Waals surface area contributed by atoms with Crippen LogP contribution in [0.15, 0.2) is 12.2 Å². The van der Waals surface area contributed by atoms with Crippen molar-refractivity contribution in [2.75, 3.05) is 13.2 Å². The number of hydrogen-bond acceptors (Lipinski definition) is 5. The smallest absolute Gasteiger partial charge is 0.305 e. The van der Waals surface area contributed by atoms with E-state index in [-0.39, 0.29) is 18.5 Å². The van der Waals surface area contributed by atoms with Crippen molar-refractivity contribution in [3.05, 3.63) is 12.2 Å². The van der Waals surface area contributed by atoms with E-state index in [0.717, 1.165) is 44.9 Å². The molecule has 6 nitrogen and oxygen atoms in total. The minimum Gasteiger partial charge on any atom is -0.466 e. The Balaban J connectivity index is 3.39. The third-order valence-corrected chi connectivity index (χ3v) is 16.1. The molecule has 0 aliphatic rings. The summed E-state index contributed by atoms with van der Waals surface area (Å²) in [5, 5.41) is 23.4. The molecular formula is C68H133NO5. The van der Waals surface area contributed by atoms with Gasteiger partial charge in [0.25, 0.3) is 0 Å². The number of amides is 1. The molecule has 3 N–H and O–H groups in total. The van der Waals surface area contributed by atoms with E-state index in [4.69, 9.17) is 4.74 Å². The second-order valence-corrected chi connectivity index (χ2v) is 23.5. The third kappa shape index (κ3) is 59.8. The van der Waals surface area contributed by atoms with Crippen LogP contribution in [0.3, 0.4) is 0 Å². The topological polar surface area (TPSA) is 95.9 Å². The SMILES string of the molecule is CCCCCCCC/C=C\CCCCCCCCCCCC(=O)OCCCCCCCCCCCCCCCCCCCC(=O)NC(CO)C(O)CCCCCCCCCCCCCCCCCCCCCCC. The van der Waals surface area contributed by atoms with Crippen LogP contribution in [-0.2, 0) is 14.3 Å². The van der Waals surface area contributed by atoms with Crippen molar-refractivity contribution in [1.29, 1.82) is 0 Å². The van der Waals surface area contributed by atoms with Gasteiger partial charge in [-0.1, -0.05) is 334 Å². The highest BCUT2D eigenvalue weighted by molar-refractivity contribution is 5.76. The summed E-state index contributed by atoms with van der Waals surface area (Å²) in [5.74, 6) is -0.0293. The van der Waals surface area contributed by atoms with Crippen molar-refractivity contribution in [3.8, 4) is 0 Å². The van der Waals surface area contributed by atoms with Crippen LogP contribution in [0.4, 0.5) is 0 Å². The summed E-state index contributed by atoms with van der Waals surface area (Å²) in [5.41, 5.74) is 0. The van der Waals surface area contributed by atoms with Crippen molar-refractivity contribution >= 4 is 11.9 Å². The molecule has 0 aliphatic heterocycles. The molecule has 6 heteroatoms. The molecule has 0 bridgehead atoms. The Morgan fingerprint density at radius 1 is 0.365 bits per heavy atom. The fraction of sp³-hybridized carbons (Fsp3) is 0.941. The number of hydrogen-bond donors (Lipinski definition) is 3. The Bertz CT molecular complexity index is 1110. The summed E-state index contributed by atoms with van der Waals surface area (Å²) in [6.45, 7) is 4.98. The molecule has 0 saturated heterocycles. The third-order valence-electron chi connectivity index (χ3n) is 16.1. The largest absolute Gasteiger partial charge is 0.466 e. The maximum atomic E-state index is 12.5. The molecular weight excluding hydrogens is 911 g/mol. The van der Waals surface area contributed by atoms with Crippen LogP contribution in [-0.4, -0.2) is 47.4 Å². The number of carbonyl (C=O) groups excluding carboxylic acids is 2. The van der Waals surface area contributed by atoms with Crippen LogP contribution in [0, 0.1) is 0 Å². The second kappa shape index (κ2) is 64.1. The maximum Gasteiger partial charge on any atom is 0.305 e. The molecule has 0 spiro atoms. The van der Waals surface area contributed by atoms with Gasteiger partial charge in [-0.15, -0.1) is 0 Å². The Morgan fingerprint density at radius 2 is 0.635 bits per heavy atom. The molecule has 1 amide bonds. The molecule has 0 aromatic rings. The molecule has 0 saturated carbocycles. The zero-order valence-electron chi connectivity index (χ0n) is 50.4. The van der Waals surface area contributed by atoms with Crippen LogP contribution in [0.1, 0.15) is 386 Å². The predicted octanol–water partition coefficient (Wildman–Crippen LogP) is 21.6. The van der Waals surface area contributed by atoms with Crippen molar-refractivity contribution in [1.82, 2.24) is 5.32 Å². The average molecular weight is 1040 g/mol. The van der Waals surface area contributed by atoms with Crippen LogP contribution in [0.25, 0.3) is 0 Å². The Morgan fingerprint density at radius 3 is 0.959 bits per heavy atom. The van der Waals surface area contributed by atoms with Gasteiger partial charge >= 0.3 is 5.97 Å². The first-order chi connectivity index (χ1) is 36.5. The Labute approximate surface area is 463 Å². The van der Waals surface area contributed by atoms with Gasteiger partial charge in [-0.25, -0.2) is 0 Å². The second-order valence-electron chi connectivity index (χ2n) is 23.5. The molecule has 0 aromatic carbocycles. The lowest BCUT2D eigenvalue weighted by Crippen LogP contribution is -2.45. The molecule has 2 atom stereocenters. The molecule has 440 valence electrons. The molecule has 0 aliphatic carbocycles. The van der Waals surface area contributed by atoms with Gasteiger partial charge in [0.2, 0.25) is 5.91 Å². The zero-order chi connectivity index (χ0) is 53.6. The quantitative estimate of drug-likeness (QED) is 0.0320. The lowest BCUT2D eigenvalue weighted by atomic mass is 10.0. The van der Waals surface area contributed by atoms with Crippen molar-refractivity contribution in [3.63, 3.8) is 0 Å². The lowest BCUT2D eigenvalue weighted by molar-refractivity contribution is -0.143. The minimum atomic E-state index is -0.669. The highest BCUT2D eigenvalue weighted by Crippen LogP contribution is 2.19. The van der Waals surface area contributed by atoms with E-state index in [1.807, 2.05) is 0 Å². The molecule has 0 aromatic heterocycles. The lowest BCUT2D eigenvalue weighted by Gasteiger charge is -2.22. The van der Waals surface area contributed by atoms with E-state index >= 15 is 0 Å². The van der Waals surface area contributed by atoms with Gasteiger partial charge in [0.1, 0.15) is 0 Å². The molecule has 0 heterocycles. The van der Waals surface area contributed by atoms with E-state index in [0.29, 0.717) is 25.9 Å². The van der Waals surface area contributed by atoms with Crippen LogP contribution < -0.4 is 5.32 Å². The monoisotopic (exact) mass is 1040 g/mol. The van der Waals surface area contributed by atoms with E-state index in [9.17, 15) is 19.8 Å². The van der Waals surface area contributed by atoms with Crippen LogP contribution in [0.5, 0.6) is 0 Å². The molecule has 2 unspecified atom stereocenters. The summed E-state index contributed by atoms with van der Waals surface area (Å²) < 4.78 is 5.50. The number of esters is 1. The van der Waals surface area contributed by atoms with Crippen molar-refractivity contribution in [2.45, 2.75) is 398 Å². The number of unbranched alkanes of at least 4 members (excludes halogenated alkanes) is 51. The minimum absolute atomic E-state index is 0.00639. The maximum absolute atomic E-state index is 12.5. The van der Waals surface area contributed by atoms with Crippen LogP contribution in [0.2, 0.25) is 0 Å². The summed E-state index contributed by atoms with van der Waals surface area (Å²) >= 11 is 0. The number of carbonyl (C=O) groups is 2. The summed E-state index contributed by atoms with van der Waals surface area (Å²) in [7, 11) is 0. The normalized spacial score (nSPS) is 12.5. The number of nitrogens with one attached hydrogen (secondary N) is 1. The fourth-order valence-electron chi connectivity index (χ4n) is 10.9. The molecule has 0 radical (unpaired) electrons. The molecule has 0 fully saturated rings. The van der Waals surface area contributed by atoms with Gasteiger partial charge in [0.15, 0.2) is 0 Å².